The molecule has 2 aromatic carbocycles. The number of fused-ring (bicyclic) bond motifs is 2. The van der Waals surface area contributed by atoms with Crippen LogP contribution < -0.4 is 10.1 Å². The summed E-state index contributed by atoms with van der Waals surface area (Å²) in [5, 5.41) is 4.11. The van der Waals surface area contributed by atoms with Gasteiger partial charge in [0.25, 0.3) is 5.91 Å². The first-order valence-electron chi connectivity index (χ1n) is 10.1. The van der Waals surface area contributed by atoms with Gasteiger partial charge in [0, 0.05) is 40.8 Å². The third kappa shape index (κ3) is 2.96. The molecule has 0 saturated carbocycles. The summed E-state index contributed by atoms with van der Waals surface area (Å²) in [5.74, 6) is 0.727. The van der Waals surface area contributed by atoms with Crippen molar-refractivity contribution in [3.05, 3.63) is 53.1 Å². The lowest BCUT2D eigenvalue weighted by Crippen LogP contribution is -2.28. The summed E-state index contributed by atoms with van der Waals surface area (Å²) < 4.78 is 5.44. The third-order valence-corrected chi connectivity index (χ3v) is 5.97. The fraction of sp³-hybridized carbons (Fsp3) is 0.348. The van der Waals surface area contributed by atoms with Gasteiger partial charge in [-0.05, 0) is 61.8 Å². The molecule has 1 amide bonds. The molecule has 0 spiro atoms. The molecule has 0 aliphatic carbocycles. The molecular weight excluding hydrogens is 350 g/mol. The maximum absolute atomic E-state index is 12.4. The van der Waals surface area contributed by atoms with Crippen molar-refractivity contribution in [1.29, 1.82) is 0 Å². The van der Waals surface area contributed by atoms with E-state index in [4.69, 9.17) is 4.74 Å². The zero-order valence-corrected chi connectivity index (χ0v) is 16.2. The van der Waals surface area contributed by atoms with Crippen molar-refractivity contribution >= 4 is 16.8 Å². The van der Waals surface area contributed by atoms with E-state index in [2.05, 4.69) is 39.5 Å². The maximum Gasteiger partial charge on any atom is 0.252 e. The van der Waals surface area contributed by atoms with Crippen LogP contribution in [0, 0.1) is 0 Å². The number of hydrogen-bond donors (Lipinski definition) is 2. The minimum atomic E-state index is -0.0339. The Morgan fingerprint density at radius 3 is 2.75 bits per heavy atom. The highest BCUT2D eigenvalue weighted by atomic mass is 16.5. The van der Waals surface area contributed by atoms with E-state index < -0.39 is 0 Å². The highest BCUT2D eigenvalue weighted by molar-refractivity contribution is 6.05. The maximum atomic E-state index is 12.4. The molecule has 2 N–H and O–H groups in total. The zero-order chi connectivity index (χ0) is 19.1. The molecule has 1 fully saturated rings. The number of rotatable bonds is 4. The monoisotopic (exact) mass is 375 g/mol. The first-order valence-corrected chi connectivity index (χ1v) is 10.1. The van der Waals surface area contributed by atoms with Crippen LogP contribution in [0.3, 0.4) is 0 Å². The Balaban J connectivity index is 1.51. The van der Waals surface area contributed by atoms with E-state index in [1.165, 1.54) is 43.3 Å². The van der Waals surface area contributed by atoms with E-state index >= 15 is 0 Å². The van der Waals surface area contributed by atoms with Crippen molar-refractivity contribution in [3.63, 3.8) is 0 Å². The summed E-state index contributed by atoms with van der Waals surface area (Å²) in [6, 6.07) is 12.7. The molecule has 5 nitrogen and oxygen atoms in total. The quantitative estimate of drug-likeness (QED) is 0.723. The smallest absolute Gasteiger partial charge is 0.252 e. The standard InChI is InChI=1S/C23H25N3O2/c1-28-21-8-6-17(22-18(21)13-24-23(22)27)20-12-16-11-15(5-7-19(16)25-20)14-26-9-3-2-4-10-26/h5-8,11-12,25H,2-4,9-10,13-14H2,1H3,(H,24,27). The lowest BCUT2D eigenvalue weighted by atomic mass is 9.99. The zero-order valence-electron chi connectivity index (χ0n) is 16.2. The molecule has 0 atom stereocenters. The minimum Gasteiger partial charge on any atom is -0.496 e. The molecule has 1 saturated heterocycles. The van der Waals surface area contributed by atoms with Crippen LogP contribution in [0.25, 0.3) is 22.2 Å². The number of nitrogens with zero attached hydrogens (tertiary/aromatic N) is 1. The van der Waals surface area contributed by atoms with Gasteiger partial charge >= 0.3 is 0 Å². The van der Waals surface area contributed by atoms with Gasteiger partial charge in [0.15, 0.2) is 0 Å². The summed E-state index contributed by atoms with van der Waals surface area (Å²) in [6.07, 6.45) is 3.97. The van der Waals surface area contributed by atoms with Crippen LogP contribution in [-0.2, 0) is 13.1 Å². The van der Waals surface area contributed by atoms with Gasteiger partial charge in [0.1, 0.15) is 5.75 Å². The average Bonchev–Trinajstić information content (AvgIpc) is 3.32. The molecular formula is C23H25N3O2. The summed E-state index contributed by atoms with van der Waals surface area (Å²) >= 11 is 0. The second-order valence-electron chi connectivity index (χ2n) is 7.79. The van der Waals surface area contributed by atoms with Gasteiger partial charge in [-0.3, -0.25) is 9.69 Å². The molecule has 5 rings (SSSR count). The minimum absolute atomic E-state index is 0.0339. The van der Waals surface area contributed by atoms with Crippen LogP contribution in [0.5, 0.6) is 5.75 Å². The van der Waals surface area contributed by atoms with Crippen molar-refractivity contribution in [2.75, 3.05) is 20.2 Å². The number of H-pyrrole nitrogens is 1. The number of likely N-dealkylation sites (tertiary alicyclic amines) is 1. The Labute approximate surface area is 164 Å². The van der Waals surface area contributed by atoms with Gasteiger partial charge in [-0.2, -0.15) is 0 Å². The molecule has 0 radical (unpaired) electrons. The highest BCUT2D eigenvalue weighted by Crippen LogP contribution is 2.36. The number of nitrogens with one attached hydrogen (secondary N) is 2. The molecule has 0 unspecified atom stereocenters. The molecule has 1 aromatic heterocycles. The number of amides is 1. The van der Waals surface area contributed by atoms with E-state index in [0.717, 1.165) is 40.2 Å². The van der Waals surface area contributed by atoms with Crippen LogP contribution in [0.4, 0.5) is 0 Å². The third-order valence-electron chi connectivity index (χ3n) is 5.97. The summed E-state index contributed by atoms with van der Waals surface area (Å²) in [5.41, 5.74) is 6.01. The van der Waals surface area contributed by atoms with Crippen molar-refractivity contribution in [1.82, 2.24) is 15.2 Å². The van der Waals surface area contributed by atoms with Crippen LogP contribution in [0.15, 0.2) is 36.4 Å². The Morgan fingerprint density at radius 2 is 1.93 bits per heavy atom. The molecule has 5 heteroatoms. The number of methoxy groups -OCH3 is 1. The van der Waals surface area contributed by atoms with Crippen LogP contribution in [0.1, 0.15) is 40.7 Å². The van der Waals surface area contributed by atoms with Gasteiger partial charge in [-0.1, -0.05) is 12.5 Å². The van der Waals surface area contributed by atoms with Crippen molar-refractivity contribution in [2.45, 2.75) is 32.4 Å². The number of benzene rings is 2. The number of carbonyl (C=O) groups excluding carboxylic acids is 1. The van der Waals surface area contributed by atoms with Gasteiger partial charge in [0.05, 0.1) is 12.7 Å². The van der Waals surface area contributed by atoms with E-state index in [9.17, 15) is 4.79 Å². The van der Waals surface area contributed by atoms with E-state index in [1.807, 2.05) is 12.1 Å². The molecule has 0 bridgehead atoms. The number of ether oxygens (including phenoxy) is 1. The molecule has 28 heavy (non-hydrogen) atoms. The molecule has 2 aliphatic heterocycles. The summed E-state index contributed by atoms with van der Waals surface area (Å²) in [7, 11) is 1.64. The summed E-state index contributed by atoms with van der Waals surface area (Å²) in [4.78, 5) is 18.5. The second kappa shape index (κ2) is 6.99. The fourth-order valence-corrected chi connectivity index (χ4v) is 4.54. The number of aromatic amines is 1. The molecule has 3 heterocycles. The highest BCUT2D eigenvalue weighted by Gasteiger charge is 2.27. The van der Waals surface area contributed by atoms with Crippen LogP contribution in [0.2, 0.25) is 0 Å². The van der Waals surface area contributed by atoms with E-state index in [1.54, 1.807) is 7.11 Å². The van der Waals surface area contributed by atoms with Gasteiger partial charge in [-0.25, -0.2) is 0 Å². The van der Waals surface area contributed by atoms with E-state index in [0.29, 0.717) is 6.54 Å². The normalized spacial score (nSPS) is 17.0. The second-order valence-corrected chi connectivity index (χ2v) is 7.79. The number of piperidine rings is 1. The van der Waals surface area contributed by atoms with E-state index in [-0.39, 0.29) is 5.91 Å². The molecule has 144 valence electrons. The molecule has 3 aromatic rings. The van der Waals surface area contributed by atoms with Crippen LogP contribution >= 0.6 is 0 Å². The Kier molecular flexibility index (Phi) is 4.32. The lowest BCUT2D eigenvalue weighted by Gasteiger charge is -2.26. The largest absolute Gasteiger partial charge is 0.496 e. The van der Waals surface area contributed by atoms with Gasteiger partial charge in [-0.15, -0.1) is 0 Å². The first-order chi connectivity index (χ1) is 13.7. The molecule has 2 aliphatic rings. The van der Waals surface area contributed by atoms with Crippen LogP contribution in [-0.4, -0.2) is 36.0 Å². The first kappa shape index (κ1) is 17.3. The number of carbonyl (C=O) groups is 1. The Morgan fingerprint density at radius 1 is 1.07 bits per heavy atom. The van der Waals surface area contributed by atoms with Crippen molar-refractivity contribution in [2.24, 2.45) is 0 Å². The lowest BCUT2D eigenvalue weighted by molar-refractivity contribution is 0.0966. The van der Waals surface area contributed by atoms with Gasteiger partial charge in [0.2, 0.25) is 0 Å². The predicted octanol–water partition coefficient (Wildman–Crippen LogP) is 4.07. The SMILES string of the molecule is COc1ccc(-c2cc3cc(CN4CCCCC4)ccc3[nH]2)c2c1CNC2=O. The van der Waals surface area contributed by atoms with Gasteiger partial charge < -0.3 is 15.0 Å². The van der Waals surface area contributed by atoms with Crippen molar-refractivity contribution < 1.29 is 9.53 Å². The fourth-order valence-electron chi connectivity index (χ4n) is 4.54. The van der Waals surface area contributed by atoms with Crippen molar-refractivity contribution in [3.8, 4) is 17.0 Å². The number of aromatic nitrogens is 1. The Bertz CT molecular complexity index is 1050. The number of hydrogen-bond acceptors (Lipinski definition) is 3. The topological polar surface area (TPSA) is 57.4 Å². The Hall–Kier alpha value is -2.79. The summed E-state index contributed by atoms with van der Waals surface area (Å²) in [6.45, 7) is 3.93. The average molecular weight is 375 g/mol. The predicted molar refractivity (Wildman–Crippen MR) is 111 cm³/mol.